The quantitative estimate of drug-likeness (QED) is 0.637. The van der Waals surface area contributed by atoms with E-state index in [0.717, 1.165) is 0 Å². The Balaban J connectivity index is 2.26. The van der Waals surface area contributed by atoms with Gasteiger partial charge in [-0.1, -0.05) is 18.2 Å². The van der Waals surface area contributed by atoms with Crippen molar-refractivity contribution in [1.82, 2.24) is 0 Å². The van der Waals surface area contributed by atoms with E-state index in [1.807, 2.05) is 0 Å². The Bertz CT molecular complexity index is 269. The fourth-order valence-corrected chi connectivity index (χ4v) is 1.20. The summed E-state index contributed by atoms with van der Waals surface area (Å²) in [6.07, 6.45) is -0.508. The van der Waals surface area contributed by atoms with Gasteiger partial charge in [0.25, 0.3) is 0 Å². The van der Waals surface area contributed by atoms with Gasteiger partial charge in [-0.15, -0.1) is 0 Å². The van der Waals surface area contributed by atoms with Gasteiger partial charge >= 0.3 is 0 Å². The molecule has 0 amide bonds. The number of halogens is 1. The van der Waals surface area contributed by atoms with Gasteiger partial charge < -0.3 is 9.47 Å². The molecule has 0 aliphatic carbocycles. The molecule has 1 aliphatic heterocycles. The Morgan fingerprint density at radius 1 is 1.17 bits per heavy atom. The summed E-state index contributed by atoms with van der Waals surface area (Å²) in [5.41, 5.74) is 0.481. The van der Waals surface area contributed by atoms with Crippen LogP contribution in [0, 0.1) is 5.82 Å². The zero-order chi connectivity index (χ0) is 8.39. The minimum Gasteiger partial charge on any atom is -0.346 e. The summed E-state index contributed by atoms with van der Waals surface area (Å²) >= 11 is 0. The maximum atomic E-state index is 13.1. The molecule has 1 aromatic rings. The van der Waals surface area contributed by atoms with Crippen LogP contribution in [0.15, 0.2) is 24.3 Å². The lowest BCUT2D eigenvalue weighted by atomic mass is 10.2. The standard InChI is InChI=1S/C9H9FO2/c10-8-4-2-1-3-7(8)9-11-5-6-12-9/h1-4,9H,5-6H2. The van der Waals surface area contributed by atoms with Gasteiger partial charge in [0.2, 0.25) is 0 Å². The third-order valence-electron chi connectivity index (χ3n) is 1.78. The second-order valence-electron chi connectivity index (χ2n) is 2.60. The predicted molar refractivity (Wildman–Crippen MR) is 41.0 cm³/mol. The van der Waals surface area contributed by atoms with E-state index in [-0.39, 0.29) is 5.82 Å². The second-order valence-corrected chi connectivity index (χ2v) is 2.60. The van der Waals surface area contributed by atoms with Crippen LogP contribution in [-0.2, 0) is 9.47 Å². The van der Waals surface area contributed by atoms with Crippen molar-refractivity contribution >= 4 is 0 Å². The summed E-state index contributed by atoms with van der Waals surface area (Å²) in [7, 11) is 0. The van der Waals surface area contributed by atoms with E-state index >= 15 is 0 Å². The lowest BCUT2D eigenvalue weighted by Crippen LogP contribution is -2.00. The largest absolute Gasteiger partial charge is 0.346 e. The fraction of sp³-hybridized carbons (Fsp3) is 0.333. The molecule has 64 valence electrons. The van der Waals surface area contributed by atoms with Gasteiger partial charge in [0, 0.05) is 5.56 Å². The van der Waals surface area contributed by atoms with Crippen molar-refractivity contribution in [3.63, 3.8) is 0 Å². The molecule has 12 heavy (non-hydrogen) atoms. The Morgan fingerprint density at radius 3 is 2.50 bits per heavy atom. The molecule has 1 fully saturated rings. The first kappa shape index (κ1) is 7.71. The van der Waals surface area contributed by atoms with Crippen LogP contribution >= 0.6 is 0 Å². The first-order valence-electron chi connectivity index (χ1n) is 3.85. The van der Waals surface area contributed by atoms with E-state index in [1.165, 1.54) is 6.07 Å². The van der Waals surface area contributed by atoms with Crippen LogP contribution in [0.3, 0.4) is 0 Å². The SMILES string of the molecule is Fc1ccccc1C1OCCO1. The highest BCUT2D eigenvalue weighted by atomic mass is 19.1. The highest BCUT2D eigenvalue weighted by molar-refractivity contribution is 5.18. The monoisotopic (exact) mass is 168 g/mol. The van der Waals surface area contributed by atoms with Gasteiger partial charge in [-0.05, 0) is 6.07 Å². The molecule has 2 rings (SSSR count). The lowest BCUT2D eigenvalue weighted by Gasteiger charge is -2.09. The minimum absolute atomic E-state index is 0.274. The van der Waals surface area contributed by atoms with Crippen molar-refractivity contribution in [2.75, 3.05) is 13.2 Å². The van der Waals surface area contributed by atoms with Crippen LogP contribution in [-0.4, -0.2) is 13.2 Å². The molecule has 0 aromatic heterocycles. The Kier molecular flexibility index (Phi) is 2.06. The lowest BCUT2D eigenvalue weighted by molar-refractivity contribution is -0.0464. The topological polar surface area (TPSA) is 18.5 Å². The summed E-state index contributed by atoms with van der Waals surface area (Å²) in [6.45, 7) is 1.08. The smallest absolute Gasteiger partial charge is 0.186 e. The average Bonchev–Trinajstić information content (AvgIpc) is 2.57. The highest BCUT2D eigenvalue weighted by Crippen LogP contribution is 2.24. The zero-order valence-corrected chi connectivity index (χ0v) is 6.50. The van der Waals surface area contributed by atoms with E-state index in [0.29, 0.717) is 18.8 Å². The molecular formula is C9H9FO2. The van der Waals surface area contributed by atoms with Gasteiger partial charge in [0.1, 0.15) is 5.82 Å². The van der Waals surface area contributed by atoms with E-state index < -0.39 is 6.29 Å². The third-order valence-corrected chi connectivity index (χ3v) is 1.78. The van der Waals surface area contributed by atoms with Gasteiger partial charge in [0.15, 0.2) is 6.29 Å². The van der Waals surface area contributed by atoms with Crippen molar-refractivity contribution < 1.29 is 13.9 Å². The van der Waals surface area contributed by atoms with E-state index in [9.17, 15) is 4.39 Å². The molecule has 1 aromatic carbocycles. The number of hydrogen-bond donors (Lipinski definition) is 0. The highest BCUT2D eigenvalue weighted by Gasteiger charge is 2.20. The molecule has 0 radical (unpaired) electrons. The molecule has 0 N–H and O–H groups in total. The second kappa shape index (κ2) is 3.21. The van der Waals surface area contributed by atoms with Crippen molar-refractivity contribution in [2.45, 2.75) is 6.29 Å². The van der Waals surface area contributed by atoms with Crippen molar-refractivity contribution in [3.8, 4) is 0 Å². The van der Waals surface area contributed by atoms with Gasteiger partial charge in [-0.2, -0.15) is 0 Å². The molecule has 0 spiro atoms. The van der Waals surface area contributed by atoms with E-state index in [4.69, 9.17) is 9.47 Å². The van der Waals surface area contributed by atoms with Crippen LogP contribution in [0.25, 0.3) is 0 Å². The Morgan fingerprint density at radius 2 is 1.83 bits per heavy atom. The molecule has 0 atom stereocenters. The molecule has 0 saturated carbocycles. The zero-order valence-electron chi connectivity index (χ0n) is 6.50. The molecule has 1 aliphatic rings. The summed E-state index contributed by atoms with van der Waals surface area (Å²) in [5.74, 6) is -0.274. The maximum absolute atomic E-state index is 13.1. The van der Waals surface area contributed by atoms with Gasteiger partial charge in [-0.3, -0.25) is 0 Å². The number of ether oxygens (including phenoxy) is 2. The predicted octanol–water partition coefficient (Wildman–Crippen LogP) is 1.87. The normalized spacial score (nSPS) is 18.4. The van der Waals surface area contributed by atoms with Gasteiger partial charge in [0.05, 0.1) is 13.2 Å². The number of rotatable bonds is 1. The molecule has 0 unspecified atom stereocenters. The maximum Gasteiger partial charge on any atom is 0.186 e. The third kappa shape index (κ3) is 1.33. The summed E-state index contributed by atoms with van der Waals surface area (Å²) in [4.78, 5) is 0. The molecule has 3 heteroatoms. The number of hydrogen-bond acceptors (Lipinski definition) is 2. The average molecular weight is 168 g/mol. The molecule has 1 saturated heterocycles. The van der Waals surface area contributed by atoms with E-state index in [2.05, 4.69) is 0 Å². The molecule has 1 heterocycles. The minimum atomic E-state index is -0.508. The summed E-state index contributed by atoms with van der Waals surface area (Å²) in [5, 5.41) is 0. The van der Waals surface area contributed by atoms with Crippen molar-refractivity contribution in [1.29, 1.82) is 0 Å². The van der Waals surface area contributed by atoms with Crippen molar-refractivity contribution in [3.05, 3.63) is 35.6 Å². The fourth-order valence-electron chi connectivity index (χ4n) is 1.20. The van der Waals surface area contributed by atoms with Gasteiger partial charge in [-0.25, -0.2) is 4.39 Å². The van der Waals surface area contributed by atoms with Crippen molar-refractivity contribution in [2.24, 2.45) is 0 Å². The number of benzene rings is 1. The summed E-state index contributed by atoms with van der Waals surface area (Å²) < 4.78 is 23.4. The first-order valence-corrected chi connectivity index (χ1v) is 3.85. The van der Waals surface area contributed by atoms with E-state index in [1.54, 1.807) is 18.2 Å². The summed E-state index contributed by atoms with van der Waals surface area (Å²) in [6, 6.07) is 6.49. The Labute approximate surface area is 69.9 Å². The van der Waals surface area contributed by atoms with Crippen LogP contribution in [0.2, 0.25) is 0 Å². The van der Waals surface area contributed by atoms with Crippen LogP contribution in [0.4, 0.5) is 4.39 Å². The van der Waals surface area contributed by atoms with Crippen LogP contribution in [0.5, 0.6) is 0 Å². The van der Waals surface area contributed by atoms with Crippen LogP contribution < -0.4 is 0 Å². The molecule has 2 nitrogen and oxygen atoms in total. The molecule has 0 bridgehead atoms. The first-order chi connectivity index (χ1) is 5.88. The Hall–Kier alpha value is -0.930. The molecular weight excluding hydrogens is 159 g/mol. The van der Waals surface area contributed by atoms with Crippen LogP contribution in [0.1, 0.15) is 11.9 Å².